The van der Waals surface area contributed by atoms with Gasteiger partial charge in [0, 0.05) is 17.6 Å². The van der Waals surface area contributed by atoms with E-state index in [0.29, 0.717) is 10.7 Å². The molecule has 0 aliphatic carbocycles. The number of carbonyl (C=O) groups is 2. The summed E-state index contributed by atoms with van der Waals surface area (Å²) >= 11 is 6.00. The monoisotopic (exact) mass is 535 g/mol. The molecule has 0 spiro atoms. The first-order valence-corrected chi connectivity index (χ1v) is 14.3. The van der Waals surface area contributed by atoms with Crippen LogP contribution in [0, 0.1) is 0 Å². The number of hydrogen-bond acceptors (Lipinski definition) is 4. The maximum Gasteiger partial charge on any atom is 0.244 e. The Morgan fingerprint density at radius 2 is 1.56 bits per heavy atom. The molecule has 2 amide bonds. The minimum absolute atomic E-state index is 0.0544. The Balaban J connectivity index is 2.39. The van der Waals surface area contributed by atoms with Gasteiger partial charge in [-0.2, -0.15) is 0 Å². The molecule has 0 aliphatic heterocycles. The molecular formula is C27H38ClN3O4S. The maximum absolute atomic E-state index is 13.6. The molecule has 2 atom stereocenters. The van der Waals surface area contributed by atoms with E-state index in [1.807, 2.05) is 26.0 Å². The molecule has 2 aromatic rings. The topological polar surface area (TPSA) is 86.8 Å². The minimum Gasteiger partial charge on any atom is -0.352 e. The zero-order valence-electron chi connectivity index (χ0n) is 22.2. The predicted octanol–water partition coefficient (Wildman–Crippen LogP) is 4.74. The molecule has 0 aromatic heterocycles. The van der Waals surface area contributed by atoms with Crippen LogP contribution in [0.4, 0.5) is 5.69 Å². The van der Waals surface area contributed by atoms with Gasteiger partial charge in [0.25, 0.3) is 0 Å². The van der Waals surface area contributed by atoms with Crippen molar-refractivity contribution in [2.24, 2.45) is 0 Å². The molecule has 0 unspecified atom stereocenters. The van der Waals surface area contributed by atoms with E-state index in [1.54, 1.807) is 43.3 Å². The van der Waals surface area contributed by atoms with Crippen LogP contribution < -0.4 is 9.62 Å². The third-order valence-corrected chi connectivity index (χ3v) is 7.53. The van der Waals surface area contributed by atoms with Crippen molar-refractivity contribution in [1.82, 2.24) is 10.2 Å². The quantitative estimate of drug-likeness (QED) is 0.476. The molecule has 0 saturated heterocycles. The average Bonchev–Trinajstić information content (AvgIpc) is 2.80. The third kappa shape index (κ3) is 8.23. The summed E-state index contributed by atoms with van der Waals surface area (Å²) in [5, 5.41) is 3.47. The zero-order valence-corrected chi connectivity index (χ0v) is 23.8. The van der Waals surface area contributed by atoms with Gasteiger partial charge < -0.3 is 10.2 Å². The average molecular weight is 536 g/mol. The Bertz CT molecular complexity index is 1140. The number of rotatable bonds is 10. The Morgan fingerprint density at radius 1 is 1.00 bits per heavy atom. The van der Waals surface area contributed by atoms with Gasteiger partial charge in [0.15, 0.2) is 0 Å². The highest BCUT2D eigenvalue weighted by Gasteiger charge is 2.30. The summed E-state index contributed by atoms with van der Waals surface area (Å²) in [6.45, 7) is 11.4. The summed E-state index contributed by atoms with van der Waals surface area (Å²) in [5.74, 6) is -0.783. The van der Waals surface area contributed by atoms with Crippen LogP contribution in [-0.4, -0.2) is 50.0 Å². The maximum atomic E-state index is 13.6. The summed E-state index contributed by atoms with van der Waals surface area (Å²) < 4.78 is 26.5. The van der Waals surface area contributed by atoms with E-state index in [0.717, 1.165) is 28.1 Å². The van der Waals surface area contributed by atoms with E-state index >= 15 is 0 Å². The second-order valence-electron chi connectivity index (χ2n) is 10.2. The van der Waals surface area contributed by atoms with Crippen LogP contribution in [0.2, 0.25) is 5.02 Å². The van der Waals surface area contributed by atoms with Crippen LogP contribution in [0.25, 0.3) is 0 Å². The highest BCUT2D eigenvalue weighted by molar-refractivity contribution is 7.92. The van der Waals surface area contributed by atoms with Crippen molar-refractivity contribution < 1.29 is 18.0 Å². The fraction of sp³-hybridized carbons (Fsp3) is 0.481. The third-order valence-electron chi connectivity index (χ3n) is 6.14. The van der Waals surface area contributed by atoms with Crippen LogP contribution in [0.5, 0.6) is 0 Å². The molecule has 2 aromatic carbocycles. The van der Waals surface area contributed by atoms with Crippen LogP contribution in [0.3, 0.4) is 0 Å². The van der Waals surface area contributed by atoms with Gasteiger partial charge in [-0.05, 0) is 61.1 Å². The number of benzene rings is 2. The van der Waals surface area contributed by atoms with E-state index in [1.165, 1.54) is 4.90 Å². The number of halogens is 1. The smallest absolute Gasteiger partial charge is 0.244 e. The second kappa shape index (κ2) is 12.1. The first kappa shape index (κ1) is 29.6. The van der Waals surface area contributed by atoms with Crippen molar-refractivity contribution in [3.8, 4) is 0 Å². The van der Waals surface area contributed by atoms with Crippen molar-refractivity contribution in [3.05, 3.63) is 64.7 Å². The lowest BCUT2D eigenvalue weighted by Crippen LogP contribution is -2.52. The Hall–Kier alpha value is -2.58. The van der Waals surface area contributed by atoms with E-state index in [9.17, 15) is 18.0 Å². The SMILES string of the molecule is CC[C@H](C)NC(=O)[C@H](C)N(Cc1ccc(Cl)cc1)C(=O)CN(c1ccc(C(C)(C)C)cc1)S(C)(=O)=O. The number of hydrogen-bond donors (Lipinski definition) is 1. The number of nitrogens with one attached hydrogen (secondary N) is 1. The Morgan fingerprint density at radius 3 is 2.03 bits per heavy atom. The zero-order chi connectivity index (χ0) is 27.3. The molecule has 0 heterocycles. The Kier molecular flexibility index (Phi) is 9.97. The number of nitrogens with zero attached hydrogens (tertiary/aromatic N) is 2. The second-order valence-corrected chi connectivity index (χ2v) is 12.6. The number of sulfonamides is 1. The first-order valence-electron chi connectivity index (χ1n) is 12.1. The summed E-state index contributed by atoms with van der Waals surface area (Å²) in [6, 6.07) is 13.3. The molecule has 0 bridgehead atoms. The molecule has 0 aliphatic rings. The molecule has 9 heteroatoms. The lowest BCUT2D eigenvalue weighted by molar-refractivity contribution is -0.139. The normalized spacial score (nSPS) is 13.6. The highest BCUT2D eigenvalue weighted by Crippen LogP contribution is 2.26. The summed E-state index contributed by atoms with van der Waals surface area (Å²) in [5.41, 5.74) is 2.11. The van der Waals surface area contributed by atoms with Crippen molar-refractivity contribution in [1.29, 1.82) is 0 Å². The van der Waals surface area contributed by atoms with Crippen molar-refractivity contribution in [2.75, 3.05) is 17.1 Å². The standard InChI is InChI=1S/C27H38ClN3O4S/c1-8-19(2)29-26(33)20(3)30(17-21-9-13-23(28)14-10-21)25(32)18-31(36(7,34)35)24-15-11-22(12-16-24)27(4,5)6/h9-16,19-20H,8,17-18H2,1-7H3,(H,29,33)/t19-,20-/m0/s1. The molecular weight excluding hydrogens is 498 g/mol. The first-order chi connectivity index (χ1) is 16.6. The largest absolute Gasteiger partial charge is 0.352 e. The molecule has 198 valence electrons. The molecule has 0 radical (unpaired) electrons. The predicted molar refractivity (Wildman–Crippen MR) is 147 cm³/mol. The summed E-state index contributed by atoms with van der Waals surface area (Å²) in [7, 11) is -3.77. The van der Waals surface area contributed by atoms with Gasteiger partial charge >= 0.3 is 0 Å². The molecule has 36 heavy (non-hydrogen) atoms. The molecule has 2 rings (SSSR count). The van der Waals surface area contributed by atoms with Gasteiger partial charge in [0.05, 0.1) is 11.9 Å². The highest BCUT2D eigenvalue weighted by atomic mass is 35.5. The van der Waals surface area contributed by atoms with Crippen molar-refractivity contribution >= 4 is 39.1 Å². The minimum atomic E-state index is -3.77. The number of anilines is 1. The molecule has 1 N–H and O–H groups in total. The van der Waals surface area contributed by atoms with E-state index in [-0.39, 0.29) is 23.9 Å². The van der Waals surface area contributed by atoms with Gasteiger partial charge in [-0.25, -0.2) is 8.42 Å². The molecule has 0 fully saturated rings. The van der Waals surface area contributed by atoms with Gasteiger partial charge in [-0.15, -0.1) is 0 Å². The van der Waals surface area contributed by atoms with Gasteiger partial charge in [0.2, 0.25) is 21.8 Å². The Labute approximate surface area is 220 Å². The van der Waals surface area contributed by atoms with Crippen molar-refractivity contribution in [3.63, 3.8) is 0 Å². The summed E-state index contributed by atoms with van der Waals surface area (Å²) in [6.07, 6.45) is 1.82. The fourth-order valence-electron chi connectivity index (χ4n) is 3.58. The van der Waals surface area contributed by atoms with Crippen LogP contribution in [0.15, 0.2) is 48.5 Å². The van der Waals surface area contributed by atoms with Gasteiger partial charge in [-0.1, -0.05) is 63.6 Å². The fourth-order valence-corrected chi connectivity index (χ4v) is 4.55. The van der Waals surface area contributed by atoms with E-state index in [4.69, 9.17) is 11.6 Å². The van der Waals surface area contributed by atoms with Gasteiger partial charge in [-0.3, -0.25) is 13.9 Å². The molecule has 7 nitrogen and oxygen atoms in total. The van der Waals surface area contributed by atoms with Crippen LogP contribution in [0.1, 0.15) is 59.1 Å². The number of carbonyl (C=O) groups excluding carboxylic acids is 2. The number of amides is 2. The summed E-state index contributed by atoms with van der Waals surface area (Å²) in [4.78, 5) is 27.9. The lowest BCUT2D eigenvalue weighted by atomic mass is 9.87. The van der Waals surface area contributed by atoms with Crippen LogP contribution >= 0.6 is 11.6 Å². The lowest BCUT2D eigenvalue weighted by Gasteiger charge is -2.32. The van der Waals surface area contributed by atoms with E-state index < -0.39 is 28.5 Å². The molecule has 0 saturated carbocycles. The van der Waals surface area contributed by atoms with Crippen LogP contribution in [-0.2, 0) is 31.6 Å². The van der Waals surface area contributed by atoms with Crippen molar-refractivity contribution in [2.45, 2.75) is 72.0 Å². The van der Waals surface area contributed by atoms with E-state index in [2.05, 4.69) is 26.1 Å². The van der Waals surface area contributed by atoms with Gasteiger partial charge in [0.1, 0.15) is 12.6 Å².